The summed E-state index contributed by atoms with van der Waals surface area (Å²) in [5.74, 6) is 0.0121. The van der Waals surface area contributed by atoms with E-state index in [0.29, 0.717) is 30.9 Å². The van der Waals surface area contributed by atoms with Crippen molar-refractivity contribution in [3.63, 3.8) is 0 Å². The number of sulfonamides is 1. The van der Waals surface area contributed by atoms with Crippen LogP contribution >= 0.6 is 0 Å². The fraction of sp³-hybridized carbons (Fsp3) is 0.278. The third kappa shape index (κ3) is 8.00. The third-order valence-corrected chi connectivity index (χ3v) is 9.95. The molecule has 46 heavy (non-hydrogen) atoms. The van der Waals surface area contributed by atoms with Crippen LogP contribution in [-0.4, -0.2) is 69.4 Å². The topological polar surface area (TPSA) is 105 Å². The van der Waals surface area contributed by atoms with Crippen molar-refractivity contribution >= 4 is 21.8 Å². The molecule has 0 radical (unpaired) electrons. The Morgan fingerprint density at radius 2 is 1.52 bits per heavy atom. The van der Waals surface area contributed by atoms with E-state index in [9.17, 15) is 18.0 Å². The first-order chi connectivity index (χ1) is 22.3. The Morgan fingerprint density at radius 3 is 2.15 bits per heavy atom. The number of benzene rings is 4. The highest BCUT2D eigenvalue weighted by Gasteiger charge is 2.33. The zero-order valence-corrected chi connectivity index (χ0v) is 26.9. The number of carbonyl (C=O) groups excluding carboxylic acids is 2. The molecule has 1 atom stereocenters. The zero-order valence-electron chi connectivity index (χ0n) is 26.1. The molecule has 1 unspecified atom stereocenters. The van der Waals surface area contributed by atoms with Gasteiger partial charge in [0.1, 0.15) is 11.8 Å². The molecule has 10 heteroatoms. The number of methoxy groups -OCH3 is 1. The first kappa shape index (κ1) is 32.9. The van der Waals surface area contributed by atoms with Crippen LogP contribution in [0.3, 0.4) is 0 Å². The Kier molecular flexibility index (Phi) is 10.8. The number of nitrogens with zero attached hydrogens (tertiary/aromatic N) is 2. The number of nitrogens with one attached hydrogen (secondary N) is 1. The summed E-state index contributed by atoms with van der Waals surface area (Å²) in [6, 6.07) is 29.8. The first-order valence-electron chi connectivity index (χ1n) is 15.3. The van der Waals surface area contributed by atoms with E-state index in [1.807, 2.05) is 85.8 Å². The summed E-state index contributed by atoms with van der Waals surface area (Å²) in [5.41, 5.74) is 3.89. The molecule has 0 aliphatic carbocycles. The Balaban J connectivity index is 1.46. The van der Waals surface area contributed by atoms with Gasteiger partial charge in [0.2, 0.25) is 15.9 Å². The van der Waals surface area contributed by atoms with E-state index in [4.69, 9.17) is 9.47 Å². The van der Waals surface area contributed by atoms with Crippen LogP contribution in [0.25, 0.3) is 0 Å². The summed E-state index contributed by atoms with van der Waals surface area (Å²) in [5, 5.41) is 3.03. The van der Waals surface area contributed by atoms with Crippen LogP contribution in [0.5, 0.6) is 5.75 Å². The van der Waals surface area contributed by atoms with Crippen molar-refractivity contribution in [1.82, 2.24) is 14.5 Å². The average molecular weight is 642 g/mol. The van der Waals surface area contributed by atoms with Crippen molar-refractivity contribution in [1.29, 1.82) is 0 Å². The summed E-state index contributed by atoms with van der Waals surface area (Å²) >= 11 is 0. The van der Waals surface area contributed by atoms with Crippen molar-refractivity contribution < 1.29 is 27.5 Å². The van der Waals surface area contributed by atoms with Gasteiger partial charge in [0.25, 0.3) is 5.91 Å². The molecule has 0 bridgehead atoms. The predicted molar refractivity (Wildman–Crippen MR) is 176 cm³/mol. The molecule has 0 spiro atoms. The second-order valence-corrected chi connectivity index (χ2v) is 13.1. The van der Waals surface area contributed by atoms with Gasteiger partial charge < -0.3 is 19.7 Å². The second-order valence-electron chi connectivity index (χ2n) is 11.2. The molecular formula is C36H39N3O6S. The van der Waals surface area contributed by atoms with E-state index in [1.54, 1.807) is 12.0 Å². The van der Waals surface area contributed by atoms with Gasteiger partial charge in [0.05, 0.1) is 25.2 Å². The van der Waals surface area contributed by atoms with Gasteiger partial charge in [-0.25, -0.2) is 8.42 Å². The first-order valence-corrected chi connectivity index (χ1v) is 16.7. The number of aryl methyl sites for hydroxylation is 1. The molecule has 0 saturated carbocycles. The highest BCUT2D eigenvalue weighted by molar-refractivity contribution is 7.89. The Bertz CT molecular complexity index is 1700. The second kappa shape index (κ2) is 15.2. The van der Waals surface area contributed by atoms with Gasteiger partial charge in [-0.3, -0.25) is 9.59 Å². The van der Waals surface area contributed by atoms with E-state index >= 15 is 0 Å². The fourth-order valence-corrected chi connectivity index (χ4v) is 6.77. The number of rotatable bonds is 12. The summed E-state index contributed by atoms with van der Waals surface area (Å²) < 4.78 is 38.4. The van der Waals surface area contributed by atoms with Gasteiger partial charge in [0.15, 0.2) is 0 Å². The molecule has 240 valence electrons. The van der Waals surface area contributed by atoms with Gasteiger partial charge in [-0.05, 0) is 66.4 Å². The number of carbonyl (C=O) groups is 2. The van der Waals surface area contributed by atoms with Crippen LogP contribution < -0.4 is 10.1 Å². The maximum absolute atomic E-state index is 14.3. The van der Waals surface area contributed by atoms with Crippen LogP contribution in [0.4, 0.5) is 0 Å². The van der Waals surface area contributed by atoms with E-state index in [1.165, 1.54) is 28.6 Å². The molecule has 1 aliphatic rings. The zero-order chi connectivity index (χ0) is 32.5. The molecule has 1 N–H and O–H groups in total. The van der Waals surface area contributed by atoms with Crippen molar-refractivity contribution in [2.45, 2.75) is 30.8 Å². The SMILES string of the molecule is COc1ccc(CNC(=O)C(c2ccc(C)cc2)N(CCc2ccccc2)C(=O)c2ccc(S(=O)(=O)N3CCOCC3)cc2)cc1. The normalized spacial score (nSPS) is 14.3. The molecule has 4 aromatic carbocycles. The minimum absolute atomic E-state index is 0.106. The number of hydrogen-bond donors (Lipinski definition) is 1. The van der Waals surface area contributed by atoms with Crippen LogP contribution in [-0.2, 0) is 32.5 Å². The van der Waals surface area contributed by atoms with Crippen LogP contribution in [0, 0.1) is 6.92 Å². The molecule has 1 aliphatic heterocycles. The van der Waals surface area contributed by atoms with Crippen LogP contribution in [0.15, 0.2) is 108 Å². The van der Waals surface area contributed by atoms with E-state index < -0.39 is 16.1 Å². The van der Waals surface area contributed by atoms with Gasteiger partial charge in [-0.1, -0.05) is 72.3 Å². The maximum Gasteiger partial charge on any atom is 0.254 e. The van der Waals surface area contributed by atoms with E-state index in [-0.39, 0.29) is 48.5 Å². The standard InChI is InChI=1S/C36H39N3O6S/c1-27-8-12-30(13-9-27)34(35(40)37-26-29-10-16-32(44-2)17-11-29)39(21-20-28-6-4-3-5-7-28)36(41)31-14-18-33(19-15-31)46(42,43)38-22-24-45-25-23-38/h3-19,34H,20-26H2,1-2H3,(H,37,40). The number of amides is 2. The smallest absolute Gasteiger partial charge is 0.254 e. The molecule has 2 amide bonds. The Hall–Kier alpha value is -4.51. The molecular weight excluding hydrogens is 602 g/mol. The average Bonchev–Trinajstić information content (AvgIpc) is 3.10. The predicted octanol–water partition coefficient (Wildman–Crippen LogP) is 4.77. The third-order valence-electron chi connectivity index (χ3n) is 8.03. The van der Waals surface area contributed by atoms with Gasteiger partial charge in [-0.15, -0.1) is 0 Å². The van der Waals surface area contributed by atoms with E-state index in [0.717, 1.165) is 16.7 Å². The minimum Gasteiger partial charge on any atom is -0.497 e. The van der Waals surface area contributed by atoms with Gasteiger partial charge in [-0.2, -0.15) is 4.31 Å². The van der Waals surface area contributed by atoms with Crippen molar-refractivity contribution in [3.05, 3.63) is 131 Å². The summed E-state index contributed by atoms with van der Waals surface area (Å²) in [4.78, 5) is 30.0. The summed E-state index contributed by atoms with van der Waals surface area (Å²) in [6.07, 6.45) is 0.518. The Morgan fingerprint density at radius 1 is 0.870 bits per heavy atom. The molecule has 4 aromatic rings. The fourth-order valence-electron chi connectivity index (χ4n) is 5.36. The summed E-state index contributed by atoms with van der Waals surface area (Å²) in [6.45, 7) is 3.72. The lowest BCUT2D eigenvalue weighted by atomic mass is 10.00. The largest absolute Gasteiger partial charge is 0.497 e. The maximum atomic E-state index is 14.3. The lowest BCUT2D eigenvalue weighted by Crippen LogP contribution is -2.44. The minimum atomic E-state index is -3.73. The molecule has 1 heterocycles. The van der Waals surface area contributed by atoms with Gasteiger partial charge in [0, 0.05) is 31.7 Å². The Labute approximate surface area is 270 Å². The summed E-state index contributed by atoms with van der Waals surface area (Å²) in [7, 11) is -2.13. The van der Waals surface area contributed by atoms with Crippen molar-refractivity contribution in [2.75, 3.05) is 40.0 Å². The molecule has 1 saturated heterocycles. The number of hydrogen-bond acceptors (Lipinski definition) is 6. The molecule has 0 aromatic heterocycles. The molecule has 5 rings (SSSR count). The van der Waals surface area contributed by atoms with Crippen molar-refractivity contribution in [3.8, 4) is 5.75 Å². The van der Waals surface area contributed by atoms with Crippen molar-refractivity contribution in [2.24, 2.45) is 0 Å². The lowest BCUT2D eigenvalue weighted by molar-refractivity contribution is -0.126. The quantitative estimate of drug-likeness (QED) is 0.239. The molecule has 9 nitrogen and oxygen atoms in total. The monoisotopic (exact) mass is 641 g/mol. The molecule has 1 fully saturated rings. The van der Waals surface area contributed by atoms with Crippen LogP contribution in [0.2, 0.25) is 0 Å². The van der Waals surface area contributed by atoms with Crippen LogP contribution in [0.1, 0.15) is 38.7 Å². The highest BCUT2D eigenvalue weighted by Crippen LogP contribution is 2.26. The number of ether oxygens (including phenoxy) is 2. The lowest BCUT2D eigenvalue weighted by Gasteiger charge is -2.32. The number of morpholine rings is 1. The highest BCUT2D eigenvalue weighted by atomic mass is 32.2. The van der Waals surface area contributed by atoms with Gasteiger partial charge >= 0.3 is 0 Å². The van der Waals surface area contributed by atoms with E-state index in [2.05, 4.69) is 5.32 Å².